The van der Waals surface area contributed by atoms with Gasteiger partial charge >= 0.3 is 5.97 Å². The normalized spacial score (nSPS) is 20.6. The first-order chi connectivity index (χ1) is 6.74. The molecule has 1 saturated heterocycles. The fraction of sp³-hybridized carbons (Fsp3) is 0.778. The van der Waals surface area contributed by atoms with Crippen molar-refractivity contribution >= 4 is 23.5 Å². The standard InChI is InChI=1S/C9H14ClNO3/c10-5-2-1-3-8(12)11-7-4-6-14-9(7)13/h7H,1-6H2,(H,11,12). The molecule has 0 spiro atoms. The van der Waals surface area contributed by atoms with Crippen LogP contribution in [0.3, 0.4) is 0 Å². The van der Waals surface area contributed by atoms with E-state index in [1.165, 1.54) is 0 Å². The van der Waals surface area contributed by atoms with Crippen LogP contribution < -0.4 is 5.32 Å². The van der Waals surface area contributed by atoms with Crippen LogP contribution in [0.15, 0.2) is 0 Å². The fourth-order valence-electron chi connectivity index (χ4n) is 1.27. The monoisotopic (exact) mass is 219 g/mol. The predicted molar refractivity (Wildman–Crippen MR) is 52.1 cm³/mol. The van der Waals surface area contributed by atoms with Crippen molar-refractivity contribution in [3.63, 3.8) is 0 Å². The summed E-state index contributed by atoms with van der Waals surface area (Å²) < 4.78 is 4.72. The molecule has 0 aromatic carbocycles. The molecule has 1 rings (SSSR count). The lowest BCUT2D eigenvalue weighted by molar-refractivity contribution is -0.141. The highest BCUT2D eigenvalue weighted by Gasteiger charge is 2.27. The minimum absolute atomic E-state index is 0.0982. The summed E-state index contributed by atoms with van der Waals surface area (Å²) in [7, 11) is 0. The minimum atomic E-state index is -0.432. The summed E-state index contributed by atoms with van der Waals surface area (Å²) in [5.74, 6) is 0.147. The van der Waals surface area contributed by atoms with Gasteiger partial charge in [-0.3, -0.25) is 4.79 Å². The molecule has 1 heterocycles. The molecule has 1 atom stereocenters. The second-order valence-corrected chi connectivity index (χ2v) is 3.60. The van der Waals surface area contributed by atoms with Gasteiger partial charge in [0.15, 0.2) is 0 Å². The van der Waals surface area contributed by atoms with Crippen LogP contribution >= 0.6 is 11.6 Å². The van der Waals surface area contributed by atoms with Gasteiger partial charge in [0.25, 0.3) is 0 Å². The maximum atomic E-state index is 11.3. The van der Waals surface area contributed by atoms with Crippen LogP contribution in [0.4, 0.5) is 0 Å². The SMILES string of the molecule is O=C(CCCCCl)NC1CCOC1=O. The molecule has 0 aromatic heterocycles. The quantitative estimate of drug-likeness (QED) is 0.423. The molecular weight excluding hydrogens is 206 g/mol. The van der Waals surface area contributed by atoms with Crippen molar-refractivity contribution in [1.29, 1.82) is 0 Å². The lowest BCUT2D eigenvalue weighted by atomic mass is 10.2. The number of rotatable bonds is 5. The summed E-state index contributed by atoms with van der Waals surface area (Å²) in [6.07, 6.45) is 2.60. The van der Waals surface area contributed by atoms with Gasteiger partial charge in [0.1, 0.15) is 6.04 Å². The van der Waals surface area contributed by atoms with E-state index in [-0.39, 0.29) is 11.9 Å². The summed E-state index contributed by atoms with van der Waals surface area (Å²) in [6, 6.07) is -0.432. The first-order valence-corrected chi connectivity index (χ1v) is 5.29. The summed E-state index contributed by atoms with van der Waals surface area (Å²) in [5, 5.41) is 2.63. The first-order valence-electron chi connectivity index (χ1n) is 4.76. The molecule has 5 heteroatoms. The summed E-state index contributed by atoms with van der Waals surface area (Å²) >= 11 is 5.47. The number of cyclic esters (lactones) is 1. The van der Waals surface area contributed by atoms with Crippen molar-refractivity contribution in [1.82, 2.24) is 5.32 Å². The van der Waals surface area contributed by atoms with E-state index in [9.17, 15) is 9.59 Å². The van der Waals surface area contributed by atoms with Gasteiger partial charge in [0, 0.05) is 18.7 Å². The van der Waals surface area contributed by atoms with Gasteiger partial charge in [-0.2, -0.15) is 0 Å². The van der Waals surface area contributed by atoms with Crippen LogP contribution in [0, 0.1) is 0 Å². The highest BCUT2D eigenvalue weighted by Crippen LogP contribution is 2.06. The third-order valence-electron chi connectivity index (χ3n) is 2.06. The van der Waals surface area contributed by atoms with E-state index in [1.54, 1.807) is 0 Å². The fourth-order valence-corrected chi connectivity index (χ4v) is 1.46. The zero-order chi connectivity index (χ0) is 10.4. The molecule has 80 valence electrons. The summed E-state index contributed by atoms with van der Waals surface area (Å²) in [5.41, 5.74) is 0. The molecule has 14 heavy (non-hydrogen) atoms. The molecule has 0 saturated carbocycles. The largest absolute Gasteiger partial charge is 0.464 e. The van der Waals surface area contributed by atoms with E-state index in [0.717, 1.165) is 12.8 Å². The Bertz CT molecular complexity index is 220. The van der Waals surface area contributed by atoms with Gasteiger partial charge in [-0.1, -0.05) is 0 Å². The van der Waals surface area contributed by atoms with Crippen LogP contribution in [0.25, 0.3) is 0 Å². The Balaban J connectivity index is 2.16. The zero-order valence-electron chi connectivity index (χ0n) is 7.92. The number of alkyl halides is 1. The Kier molecular flexibility index (Phi) is 4.73. The Morgan fingerprint density at radius 3 is 2.93 bits per heavy atom. The topological polar surface area (TPSA) is 55.4 Å². The number of ether oxygens (including phenoxy) is 1. The molecule has 0 bridgehead atoms. The van der Waals surface area contributed by atoms with Gasteiger partial charge in [-0.25, -0.2) is 4.79 Å². The van der Waals surface area contributed by atoms with Gasteiger partial charge in [0.05, 0.1) is 6.61 Å². The molecule has 0 aromatic rings. The Labute approximate surface area is 87.9 Å². The Morgan fingerprint density at radius 2 is 2.36 bits per heavy atom. The number of halogens is 1. The zero-order valence-corrected chi connectivity index (χ0v) is 8.68. The van der Waals surface area contributed by atoms with Crippen molar-refractivity contribution in [2.24, 2.45) is 0 Å². The molecule has 1 aliphatic rings. The van der Waals surface area contributed by atoms with Crippen LogP contribution in [0.1, 0.15) is 25.7 Å². The van der Waals surface area contributed by atoms with E-state index in [4.69, 9.17) is 16.3 Å². The van der Waals surface area contributed by atoms with Gasteiger partial charge in [0.2, 0.25) is 5.91 Å². The molecule has 0 radical (unpaired) electrons. The van der Waals surface area contributed by atoms with Gasteiger partial charge < -0.3 is 10.1 Å². The molecule has 4 nitrogen and oxygen atoms in total. The van der Waals surface area contributed by atoms with Crippen molar-refractivity contribution in [2.45, 2.75) is 31.7 Å². The second-order valence-electron chi connectivity index (χ2n) is 3.22. The van der Waals surface area contributed by atoms with Crippen molar-refractivity contribution in [2.75, 3.05) is 12.5 Å². The minimum Gasteiger partial charge on any atom is -0.464 e. The van der Waals surface area contributed by atoms with Crippen LogP contribution in [0.2, 0.25) is 0 Å². The molecule has 1 unspecified atom stereocenters. The maximum Gasteiger partial charge on any atom is 0.328 e. The van der Waals surface area contributed by atoms with E-state index >= 15 is 0 Å². The van der Waals surface area contributed by atoms with Gasteiger partial charge in [-0.15, -0.1) is 11.6 Å². The average molecular weight is 220 g/mol. The lowest BCUT2D eigenvalue weighted by Crippen LogP contribution is -2.37. The average Bonchev–Trinajstić information content (AvgIpc) is 2.52. The number of hydrogen-bond acceptors (Lipinski definition) is 3. The number of esters is 1. The first kappa shape index (κ1) is 11.3. The highest BCUT2D eigenvalue weighted by molar-refractivity contribution is 6.17. The number of nitrogens with one attached hydrogen (secondary N) is 1. The third kappa shape index (κ3) is 3.54. The molecule has 1 fully saturated rings. The number of carbonyl (C=O) groups excluding carboxylic acids is 2. The maximum absolute atomic E-state index is 11.3. The number of amides is 1. The van der Waals surface area contributed by atoms with Crippen LogP contribution in [-0.2, 0) is 14.3 Å². The van der Waals surface area contributed by atoms with Crippen molar-refractivity contribution in [3.05, 3.63) is 0 Å². The predicted octanol–water partition coefficient (Wildman–Crippen LogP) is 0.827. The molecule has 0 aliphatic carbocycles. The Morgan fingerprint density at radius 1 is 1.57 bits per heavy atom. The molecule has 1 aliphatic heterocycles. The molecular formula is C9H14ClNO3. The van der Waals surface area contributed by atoms with E-state index < -0.39 is 6.04 Å². The highest BCUT2D eigenvalue weighted by atomic mass is 35.5. The van der Waals surface area contributed by atoms with Gasteiger partial charge in [-0.05, 0) is 12.8 Å². The second kappa shape index (κ2) is 5.86. The van der Waals surface area contributed by atoms with E-state index in [2.05, 4.69) is 5.32 Å². The van der Waals surface area contributed by atoms with Crippen LogP contribution in [-0.4, -0.2) is 30.4 Å². The summed E-state index contributed by atoms with van der Waals surface area (Å²) in [4.78, 5) is 22.2. The van der Waals surface area contributed by atoms with Crippen molar-refractivity contribution in [3.8, 4) is 0 Å². The number of hydrogen-bond donors (Lipinski definition) is 1. The summed E-state index contributed by atoms with van der Waals surface area (Å²) in [6.45, 7) is 0.408. The molecule has 1 amide bonds. The van der Waals surface area contributed by atoms with E-state index in [0.29, 0.717) is 25.3 Å². The Hall–Kier alpha value is -0.770. The number of carbonyl (C=O) groups is 2. The smallest absolute Gasteiger partial charge is 0.328 e. The molecule has 1 N–H and O–H groups in total. The third-order valence-corrected chi connectivity index (χ3v) is 2.33. The number of unbranched alkanes of at least 4 members (excludes halogenated alkanes) is 1. The lowest BCUT2D eigenvalue weighted by Gasteiger charge is -2.07. The van der Waals surface area contributed by atoms with Crippen molar-refractivity contribution < 1.29 is 14.3 Å². The van der Waals surface area contributed by atoms with E-state index in [1.807, 2.05) is 0 Å². The van der Waals surface area contributed by atoms with Crippen LogP contribution in [0.5, 0.6) is 0 Å².